The molecular weight excluding hydrogens is 266 g/mol. The highest BCUT2D eigenvalue weighted by atomic mass is 35.5. The van der Waals surface area contributed by atoms with Crippen molar-refractivity contribution in [1.29, 1.82) is 0 Å². The summed E-state index contributed by atoms with van der Waals surface area (Å²) in [5.74, 6) is 1.37. The molecule has 0 aliphatic carbocycles. The van der Waals surface area contributed by atoms with E-state index in [1.807, 2.05) is 43.3 Å². The van der Waals surface area contributed by atoms with Crippen molar-refractivity contribution in [3.63, 3.8) is 0 Å². The van der Waals surface area contributed by atoms with Gasteiger partial charge in [-0.3, -0.25) is 0 Å². The standard InChI is InChI=1S/C14H12ClNOS/c1-9-8-10(14(16)18)6-7-12(9)17-13-5-3-2-4-11(13)15/h2-8H,1H3,(H2,16,18). The van der Waals surface area contributed by atoms with Crippen molar-refractivity contribution in [1.82, 2.24) is 0 Å². The minimum atomic E-state index is 0.377. The third-order valence-electron chi connectivity index (χ3n) is 2.52. The highest BCUT2D eigenvalue weighted by Gasteiger charge is 2.06. The summed E-state index contributed by atoms with van der Waals surface area (Å²) in [5.41, 5.74) is 7.37. The van der Waals surface area contributed by atoms with Gasteiger partial charge in [0, 0.05) is 5.56 Å². The Labute approximate surface area is 116 Å². The van der Waals surface area contributed by atoms with Crippen LogP contribution in [-0.4, -0.2) is 4.99 Å². The van der Waals surface area contributed by atoms with Crippen LogP contribution < -0.4 is 10.5 Å². The van der Waals surface area contributed by atoms with Crippen LogP contribution in [0.25, 0.3) is 0 Å². The molecule has 0 radical (unpaired) electrons. The molecule has 2 aromatic rings. The molecule has 0 saturated carbocycles. The summed E-state index contributed by atoms with van der Waals surface area (Å²) >= 11 is 11.0. The predicted octanol–water partition coefficient (Wildman–Crippen LogP) is 4.07. The van der Waals surface area contributed by atoms with E-state index in [1.165, 1.54) is 0 Å². The van der Waals surface area contributed by atoms with Gasteiger partial charge in [-0.15, -0.1) is 0 Å². The molecule has 0 bridgehead atoms. The van der Waals surface area contributed by atoms with Gasteiger partial charge in [0.2, 0.25) is 0 Å². The fourth-order valence-electron chi connectivity index (χ4n) is 1.56. The SMILES string of the molecule is Cc1cc(C(N)=S)ccc1Oc1ccccc1Cl. The molecule has 0 amide bonds. The first-order valence-corrected chi connectivity index (χ1v) is 6.19. The van der Waals surface area contributed by atoms with Crippen LogP contribution in [0, 0.1) is 6.92 Å². The van der Waals surface area contributed by atoms with Gasteiger partial charge in [0.05, 0.1) is 5.02 Å². The van der Waals surface area contributed by atoms with Crippen molar-refractivity contribution < 1.29 is 4.74 Å². The maximum Gasteiger partial charge on any atom is 0.146 e. The highest BCUT2D eigenvalue weighted by Crippen LogP contribution is 2.30. The lowest BCUT2D eigenvalue weighted by Gasteiger charge is -2.11. The van der Waals surface area contributed by atoms with Gasteiger partial charge < -0.3 is 10.5 Å². The van der Waals surface area contributed by atoms with Gasteiger partial charge in [0.25, 0.3) is 0 Å². The normalized spacial score (nSPS) is 10.1. The maximum atomic E-state index is 6.04. The van der Waals surface area contributed by atoms with E-state index in [2.05, 4.69) is 0 Å². The quantitative estimate of drug-likeness (QED) is 0.859. The number of hydrogen-bond donors (Lipinski definition) is 1. The third kappa shape index (κ3) is 2.81. The summed E-state index contributed by atoms with van der Waals surface area (Å²) in [5, 5.41) is 0.579. The second kappa shape index (κ2) is 5.38. The van der Waals surface area contributed by atoms with Crippen molar-refractivity contribution in [2.24, 2.45) is 5.73 Å². The molecule has 0 aliphatic rings. The van der Waals surface area contributed by atoms with Gasteiger partial charge in [-0.2, -0.15) is 0 Å². The second-order valence-electron chi connectivity index (χ2n) is 3.88. The molecule has 0 aliphatic heterocycles. The van der Waals surface area contributed by atoms with Gasteiger partial charge in [0.15, 0.2) is 0 Å². The lowest BCUT2D eigenvalue weighted by molar-refractivity contribution is 0.479. The van der Waals surface area contributed by atoms with E-state index in [4.69, 9.17) is 34.3 Å². The van der Waals surface area contributed by atoms with Crippen LogP contribution in [0.2, 0.25) is 5.02 Å². The number of thiocarbonyl (C=S) groups is 1. The third-order valence-corrected chi connectivity index (χ3v) is 3.06. The molecule has 0 atom stereocenters. The summed E-state index contributed by atoms with van der Waals surface area (Å²) < 4.78 is 5.76. The fourth-order valence-corrected chi connectivity index (χ4v) is 1.86. The Morgan fingerprint density at radius 1 is 1.17 bits per heavy atom. The minimum absolute atomic E-state index is 0.377. The van der Waals surface area contributed by atoms with Crippen molar-refractivity contribution >= 4 is 28.8 Å². The number of halogens is 1. The predicted molar refractivity (Wildman–Crippen MR) is 78.6 cm³/mol. The van der Waals surface area contributed by atoms with Crippen LogP contribution in [0.5, 0.6) is 11.5 Å². The van der Waals surface area contributed by atoms with Crippen LogP contribution in [0.15, 0.2) is 42.5 Å². The number of rotatable bonds is 3. The zero-order valence-corrected chi connectivity index (χ0v) is 11.4. The first-order chi connectivity index (χ1) is 8.58. The van der Waals surface area contributed by atoms with E-state index >= 15 is 0 Å². The number of nitrogens with two attached hydrogens (primary N) is 1. The molecule has 0 saturated heterocycles. The molecule has 2 aromatic carbocycles. The zero-order valence-electron chi connectivity index (χ0n) is 9.81. The summed E-state index contributed by atoms with van der Waals surface area (Å²) in [7, 11) is 0. The lowest BCUT2D eigenvalue weighted by Crippen LogP contribution is -2.09. The molecule has 92 valence electrons. The second-order valence-corrected chi connectivity index (χ2v) is 4.72. The van der Waals surface area contributed by atoms with Gasteiger partial charge in [-0.25, -0.2) is 0 Å². The van der Waals surface area contributed by atoms with Gasteiger partial charge in [0.1, 0.15) is 16.5 Å². The monoisotopic (exact) mass is 277 g/mol. The van der Waals surface area contributed by atoms with E-state index in [-0.39, 0.29) is 0 Å². The van der Waals surface area contributed by atoms with Gasteiger partial charge >= 0.3 is 0 Å². The molecule has 2 N–H and O–H groups in total. The fraction of sp³-hybridized carbons (Fsp3) is 0.0714. The number of para-hydroxylation sites is 1. The van der Waals surface area contributed by atoms with Crippen molar-refractivity contribution in [3.05, 3.63) is 58.6 Å². The molecule has 18 heavy (non-hydrogen) atoms. The Hall–Kier alpha value is -1.58. The van der Waals surface area contributed by atoms with Crippen LogP contribution in [0.4, 0.5) is 0 Å². The van der Waals surface area contributed by atoms with Crippen LogP contribution in [0.3, 0.4) is 0 Å². The minimum Gasteiger partial charge on any atom is -0.456 e. The summed E-state index contributed by atoms with van der Waals surface area (Å²) in [6.07, 6.45) is 0. The summed E-state index contributed by atoms with van der Waals surface area (Å²) in [6, 6.07) is 12.9. The number of ether oxygens (including phenoxy) is 1. The maximum absolute atomic E-state index is 6.04. The first kappa shape index (κ1) is 12.9. The molecule has 0 unspecified atom stereocenters. The molecule has 0 heterocycles. The van der Waals surface area contributed by atoms with E-state index < -0.39 is 0 Å². The average molecular weight is 278 g/mol. The first-order valence-electron chi connectivity index (χ1n) is 5.41. The smallest absolute Gasteiger partial charge is 0.146 e. The van der Waals surface area contributed by atoms with Crippen LogP contribution in [0.1, 0.15) is 11.1 Å². The summed E-state index contributed by atoms with van der Waals surface area (Å²) in [6.45, 7) is 1.94. The number of hydrogen-bond acceptors (Lipinski definition) is 2. The van der Waals surface area contributed by atoms with E-state index in [1.54, 1.807) is 6.07 Å². The van der Waals surface area contributed by atoms with E-state index in [0.29, 0.717) is 15.8 Å². The van der Waals surface area contributed by atoms with Crippen molar-refractivity contribution in [2.75, 3.05) is 0 Å². The Morgan fingerprint density at radius 2 is 1.89 bits per heavy atom. The largest absolute Gasteiger partial charge is 0.456 e. The summed E-state index contributed by atoms with van der Waals surface area (Å²) in [4.78, 5) is 0.377. The van der Waals surface area contributed by atoms with Gasteiger partial charge in [-0.1, -0.05) is 36.0 Å². The Balaban J connectivity index is 2.30. The molecule has 2 rings (SSSR count). The number of benzene rings is 2. The molecule has 2 nitrogen and oxygen atoms in total. The van der Waals surface area contributed by atoms with E-state index in [0.717, 1.165) is 16.9 Å². The Kier molecular flexibility index (Phi) is 3.84. The topological polar surface area (TPSA) is 35.2 Å². The van der Waals surface area contributed by atoms with Crippen LogP contribution >= 0.6 is 23.8 Å². The van der Waals surface area contributed by atoms with E-state index in [9.17, 15) is 0 Å². The molecule has 4 heteroatoms. The molecule has 0 fully saturated rings. The lowest BCUT2D eigenvalue weighted by atomic mass is 10.1. The van der Waals surface area contributed by atoms with Crippen LogP contribution in [-0.2, 0) is 0 Å². The van der Waals surface area contributed by atoms with Gasteiger partial charge in [-0.05, 0) is 42.8 Å². The average Bonchev–Trinajstić information content (AvgIpc) is 2.34. The van der Waals surface area contributed by atoms with Crippen molar-refractivity contribution in [2.45, 2.75) is 6.92 Å². The Bertz CT molecular complexity index is 598. The molecule has 0 aromatic heterocycles. The molecular formula is C14H12ClNOS. The zero-order chi connectivity index (χ0) is 13.1. The number of aryl methyl sites for hydroxylation is 1. The molecule has 0 spiro atoms. The highest BCUT2D eigenvalue weighted by molar-refractivity contribution is 7.80. The van der Waals surface area contributed by atoms with Crippen molar-refractivity contribution in [3.8, 4) is 11.5 Å². The Morgan fingerprint density at radius 3 is 2.50 bits per heavy atom.